The van der Waals surface area contributed by atoms with Crippen molar-refractivity contribution >= 4 is 28.2 Å². The molecule has 90 valence electrons. The molecule has 5 nitrogen and oxygen atoms in total. The van der Waals surface area contributed by atoms with Gasteiger partial charge in [0.1, 0.15) is 10.7 Å². The molecule has 0 aliphatic heterocycles. The minimum atomic E-state index is -0.0618. The molecule has 0 bridgehead atoms. The van der Waals surface area contributed by atoms with E-state index in [0.29, 0.717) is 17.2 Å². The van der Waals surface area contributed by atoms with Crippen molar-refractivity contribution in [1.29, 1.82) is 0 Å². The Morgan fingerprint density at radius 1 is 1.38 bits per heavy atom. The lowest BCUT2D eigenvalue weighted by atomic mass is 10.4. The quantitative estimate of drug-likeness (QED) is 0.863. The molecule has 0 atom stereocenters. The summed E-state index contributed by atoms with van der Waals surface area (Å²) in [5, 5.41) is 0.785. The van der Waals surface area contributed by atoms with E-state index >= 15 is 0 Å². The first-order chi connectivity index (χ1) is 7.51. The molecular weight excluding hydrogens is 224 g/mol. The van der Waals surface area contributed by atoms with Gasteiger partial charge in [0.15, 0.2) is 5.13 Å². The summed E-state index contributed by atoms with van der Waals surface area (Å²) in [4.78, 5) is 20.2. The van der Waals surface area contributed by atoms with Gasteiger partial charge in [0.2, 0.25) is 0 Å². The van der Waals surface area contributed by atoms with Crippen LogP contribution < -0.4 is 10.6 Å². The molecule has 1 aromatic heterocycles. The molecule has 1 heterocycles. The van der Waals surface area contributed by atoms with Crippen LogP contribution in [0.1, 0.15) is 23.5 Å². The topological polar surface area (TPSA) is 62.5 Å². The van der Waals surface area contributed by atoms with Crippen molar-refractivity contribution in [2.24, 2.45) is 0 Å². The van der Waals surface area contributed by atoms with Gasteiger partial charge < -0.3 is 15.5 Å². The summed E-state index contributed by atoms with van der Waals surface area (Å²) >= 11 is 1.34. The lowest BCUT2D eigenvalue weighted by molar-refractivity contribution is 0.0808. The first-order valence-corrected chi connectivity index (χ1v) is 6.05. The zero-order chi connectivity index (χ0) is 12.3. The summed E-state index contributed by atoms with van der Waals surface area (Å²) in [7, 11) is 3.68. The molecule has 0 fully saturated rings. The van der Waals surface area contributed by atoms with Gasteiger partial charge in [-0.15, -0.1) is 0 Å². The average molecular weight is 242 g/mol. The minimum Gasteiger partial charge on any atom is -0.382 e. The number of amides is 1. The van der Waals surface area contributed by atoms with E-state index in [1.54, 1.807) is 11.9 Å². The van der Waals surface area contributed by atoms with E-state index < -0.39 is 0 Å². The largest absolute Gasteiger partial charge is 0.382 e. The Bertz CT molecular complexity index is 377. The Morgan fingerprint density at radius 2 is 2.00 bits per heavy atom. The van der Waals surface area contributed by atoms with Crippen LogP contribution in [-0.4, -0.2) is 43.0 Å². The van der Waals surface area contributed by atoms with Crippen LogP contribution in [0.3, 0.4) is 0 Å². The zero-order valence-electron chi connectivity index (χ0n) is 10.1. The maximum absolute atomic E-state index is 11.9. The molecule has 16 heavy (non-hydrogen) atoms. The molecule has 0 spiro atoms. The van der Waals surface area contributed by atoms with E-state index in [2.05, 4.69) is 4.98 Å². The van der Waals surface area contributed by atoms with Crippen molar-refractivity contribution in [3.05, 3.63) is 4.88 Å². The number of hydrogen-bond donors (Lipinski definition) is 1. The highest BCUT2D eigenvalue weighted by Crippen LogP contribution is 2.28. The Kier molecular flexibility index (Phi) is 4.12. The molecule has 0 saturated heterocycles. The fourth-order valence-electron chi connectivity index (χ4n) is 1.09. The van der Waals surface area contributed by atoms with Gasteiger partial charge in [-0.2, -0.15) is 0 Å². The molecule has 0 unspecified atom stereocenters. The number of nitrogens with two attached hydrogens (primary N) is 1. The number of nitrogens with zero attached hydrogens (tertiary/aromatic N) is 3. The Morgan fingerprint density at radius 3 is 2.50 bits per heavy atom. The first kappa shape index (κ1) is 12.8. The van der Waals surface area contributed by atoms with Crippen molar-refractivity contribution in [2.75, 3.05) is 37.8 Å². The third-order valence-corrected chi connectivity index (χ3v) is 3.63. The zero-order valence-corrected chi connectivity index (χ0v) is 11.0. The Balaban J connectivity index is 2.98. The average Bonchev–Trinajstić information content (AvgIpc) is 2.68. The smallest absolute Gasteiger partial charge is 0.267 e. The molecule has 0 aliphatic rings. The fraction of sp³-hybridized carbons (Fsp3) is 0.600. The fourth-order valence-corrected chi connectivity index (χ4v) is 2.09. The van der Waals surface area contributed by atoms with Gasteiger partial charge in [-0.3, -0.25) is 4.79 Å². The van der Waals surface area contributed by atoms with E-state index in [0.717, 1.165) is 11.7 Å². The van der Waals surface area contributed by atoms with Crippen molar-refractivity contribution in [1.82, 2.24) is 9.88 Å². The van der Waals surface area contributed by atoms with Crippen molar-refractivity contribution in [3.8, 4) is 0 Å². The van der Waals surface area contributed by atoms with Gasteiger partial charge in [-0.05, 0) is 13.8 Å². The third kappa shape index (κ3) is 2.44. The van der Waals surface area contributed by atoms with E-state index in [4.69, 9.17) is 5.73 Å². The molecule has 0 aliphatic carbocycles. The summed E-state index contributed by atoms with van der Waals surface area (Å²) in [6, 6.07) is 0. The number of carbonyl (C=O) groups excluding carboxylic acids is 1. The van der Waals surface area contributed by atoms with E-state index in [-0.39, 0.29) is 5.91 Å². The maximum atomic E-state index is 11.9. The van der Waals surface area contributed by atoms with Crippen molar-refractivity contribution in [3.63, 3.8) is 0 Å². The van der Waals surface area contributed by atoms with Gasteiger partial charge in [0.25, 0.3) is 5.91 Å². The molecular formula is C10H18N4OS. The molecule has 2 N–H and O–H groups in total. The van der Waals surface area contributed by atoms with E-state index in [9.17, 15) is 4.79 Å². The number of rotatable bonds is 4. The van der Waals surface area contributed by atoms with Crippen LogP contribution >= 0.6 is 11.3 Å². The van der Waals surface area contributed by atoms with Crippen LogP contribution in [0.2, 0.25) is 0 Å². The predicted molar refractivity (Wildman–Crippen MR) is 68.1 cm³/mol. The first-order valence-electron chi connectivity index (χ1n) is 5.24. The molecule has 1 amide bonds. The summed E-state index contributed by atoms with van der Waals surface area (Å²) in [5.41, 5.74) is 5.75. The SMILES string of the molecule is CCN(C)C(=O)c1sc(N(C)CC)nc1N. The van der Waals surface area contributed by atoms with Crippen LogP contribution in [0.4, 0.5) is 10.9 Å². The summed E-state index contributed by atoms with van der Waals surface area (Å²) in [5.74, 6) is 0.263. The normalized spacial score (nSPS) is 10.2. The van der Waals surface area contributed by atoms with Crippen molar-refractivity contribution < 1.29 is 4.79 Å². The lowest BCUT2D eigenvalue weighted by Crippen LogP contribution is -2.26. The van der Waals surface area contributed by atoms with Crippen LogP contribution in [0.25, 0.3) is 0 Å². The number of aromatic nitrogens is 1. The molecule has 0 saturated carbocycles. The number of thiazole rings is 1. The lowest BCUT2D eigenvalue weighted by Gasteiger charge is -2.13. The summed E-state index contributed by atoms with van der Waals surface area (Å²) in [6.07, 6.45) is 0. The van der Waals surface area contributed by atoms with E-state index in [1.165, 1.54) is 11.3 Å². The second-order valence-corrected chi connectivity index (χ2v) is 4.52. The molecule has 0 aromatic carbocycles. The highest BCUT2D eigenvalue weighted by molar-refractivity contribution is 7.18. The number of carbonyl (C=O) groups is 1. The highest BCUT2D eigenvalue weighted by atomic mass is 32.1. The van der Waals surface area contributed by atoms with Crippen LogP contribution in [0, 0.1) is 0 Å². The molecule has 1 aromatic rings. The molecule has 6 heteroatoms. The van der Waals surface area contributed by atoms with Crippen LogP contribution in [-0.2, 0) is 0 Å². The van der Waals surface area contributed by atoms with E-state index in [1.807, 2.05) is 25.8 Å². The van der Waals surface area contributed by atoms with Gasteiger partial charge in [0, 0.05) is 27.2 Å². The van der Waals surface area contributed by atoms with Gasteiger partial charge in [0.05, 0.1) is 0 Å². The number of hydrogen-bond acceptors (Lipinski definition) is 5. The van der Waals surface area contributed by atoms with Gasteiger partial charge >= 0.3 is 0 Å². The monoisotopic (exact) mass is 242 g/mol. The second kappa shape index (κ2) is 5.16. The second-order valence-electron chi connectivity index (χ2n) is 3.54. The standard InChI is InChI=1S/C10H18N4OS/c1-5-13(3)9(15)7-8(11)12-10(16-7)14(4)6-2/h5-6,11H2,1-4H3. The van der Waals surface area contributed by atoms with Crippen LogP contribution in [0.5, 0.6) is 0 Å². The Labute approximate surface area is 99.9 Å². The Hall–Kier alpha value is -1.30. The molecule has 0 radical (unpaired) electrons. The predicted octanol–water partition coefficient (Wildman–Crippen LogP) is 1.27. The van der Waals surface area contributed by atoms with Gasteiger partial charge in [-0.25, -0.2) is 4.98 Å². The highest BCUT2D eigenvalue weighted by Gasteiger charge is 2.19. The maximum Gasteiger partial charge on any atom is 0.267 e. The minimum absolute atomic E-state index is 0.0618. The van der Waals surface area contributed by atoms with Crippen LogP contribution in [0.15, 0.2) is 0 Å². The van der Waals surface area contributed by atoms with Crippen molar-refractivity contribution in [2.45, 2.75) is 13.8 Å². The third-order valence-electron chi connectivity index (χ3n) is 2.46. The summed E-state index contributed by atoms with van der Waals surface area (Å²) < 4.78 is 0. The van der Waals surface area contributed by atoms with Gasteiger partial charge in [-0.1, -0.05) is 11.3 Å². The summed E-state index contributed by atoms with van der Waals surface area (Å²) in [6.45, 7) is 5.45. The molecule has 1 rings (SSSR count). The number of anilines is 2. The number of nitrogen functional groups attached to an aromatic ring is 1.